The van der Waals surface area contributed by atoms with Crippen LogP contribution in [0.4, 0.5) is 0 Å². The van der Waals surface area contributed by atoms with Crippen molar-refractivity contribution in [2.45, 2.75) is 71.6 Å². The molecule has 0 saturated heterocycles. The minimum absolute atomic E-state index is 0.868. The van der Waals surface area contributed by atoms with Crippen molar-refractivity contribution in [2.24, 2.45) is 5.92 Å². The molecule has 27 heavy (non-hydrogen) atoms. The topological polar surface area (TPSA) is 0 Å². The molecule has 1 atom stereocenters. The summed E-state index contributed by atoms with van der Waals surface area (Å²) < 4.78 is 0. The second-order valence-electron chi connectivity index (χ2n) is 7.47. The van der Waals surface area contributed by atoms with Gasteiger partial charge in [0.15, 0.2) is 0 Å². The summed E-state index contributed by atoms with van der Waals surface area (Å²) in [4.78, 5) is 5.84. The molecular formula is C24H32S3. The average molecular weight is 417 g/mol. The van der Waals surface area contributed by atoms with Crippen molar-refractivity contribution in [2.75, 3.05) is 0 Å². The van der Waals surface area contributed by atoms with E-state index in [1.165, 1.54) is 78.0 Å². The summed E-state index contributed by atoms with van der Waals surface area (Å²) in [5.41, 5.74) is 1.42. The molecular weight excluding hydrogens is 384 g/mol. The molecule has 0 aliphatic carbocycles. The van der Waals surface area contributed by atoms with Crippen LogP contribution in [-0.4, -0.2) is 0 Å². The molecule has 0 amide bonds. The minimum atomic E-state index is 0.868. The fraction of sp³-hybridized carbons (Fsp3) is 0.500. The maximum atomic E-state index is 2.39. The second-order valence-corrected chi connectivity index (χ2v) is 10.5. The van der Waals surface area contributed by atoms with E-state index in [1.54, 1.807) is 4.88 Å². The van der Waals surface area contributed by atoms with Gasteiger partial charge in [0, 0.05) is 20.2 Å². The average Bonchev–Trinajstić information content (AvgIpc) is 3.43. The van der Waals surface area contributed by atoms with Crippen LogP contribution in [0.25, 0.3) is 20.2 Å². The molecule has 0 aliphatic rings. The van der Waals surface area contributed by atoms with Crippen LogP contribution in [0, 0.1) is 5.92 Å². The van der Waals surface area contributed by atoms with Crippen molar-refractivity contribution in [1.82, 2.24) is 0 Å². The second kappa shape index (κ2) is 11.2. The van der Waals surface area contributed by atoms with Crippen molar-refractivity contribution in [1.29, 1.82) is 0 Å². The maximum absolute atomic E-state index is 2.39. The quantitative estimate of drug-likeness (QED) is 0.258. The summed E-state index contributed by atoms with van der Waals surface area (Å²) in [6, 6.07) is 11.4. The van der Waals surface area contributed by atoms with Crippen LogP contribution in [0.3, 0.4) is 0 Å². The van der Waals surface area contributed by atoms with Gasteiger partial charge in [0.25, 0.3) is 0 Å². The molecule has 0 fully saturated rings. The third kappa shape index (κ3) is 6.04. The van der Waals surface area contributed by atoms with Gasteiger partial charge in [-0.3, -0.25) is 0 Å². The Morgan fingerprint density at radius 3 is 2.41 bits per heavy atom. The monoisotopic (exact) mass is 416 g/mol. The lowest BCUT2D eigenvalue weighted by atomic mass is 9.92. The normalized spacial score (nSPS) is 12.5. The maximum Gasteiger partial charge on any atom is 0.0529 e. The van der Waals surface area contributed by atoms with Gasteiger partial charge in [0.1, 0.15) is 0 Å². The van der Waals surface area contributed by atoms with Crippen LogP contribution >= 0.6 is 34.0 Å². The van der Waals surface area contributed by atoms with Crippen LogP contribution in [-0.2, 0) is 6.42 Å². The highest BCUT2D eigenvalue weighted by molar-refractivity contribution is 7.21. The van der Waals surface area contributed by atoms with Gasteiger partial charge < -0.3 is 0 Å². The van der Waals surface area contributed by atoms with Crippen LogP contribution in [0.5, 0.6) is 0 Å². The Morgan fingerprint density at radius 1 is 0.778 bits per heavy atom. The number of thiophene rings is 3. The molecule has 0 aliphatic heterocycles. The first-order valence-electron chi connectivity index (χ1n) is 10.5. The largest absolute Gasteiger partial charge is 0.143 e. The zero-order chi connectivity index (χ0) is 18.9. The van der Waals surface area contributed by atoms with Gasteiger partial charge in [-0.15, -0.1) is 34.0 Å². The Hall–Kier alpha value is -0.900. The molecule has 3 aromatic heterocycles. The van der Waals surface area contributed by atoms with Crippen molar-refractivity contribution >= 4 is 34.0 Å². The van der Waals surface area contributed by atoms with E-state index in [0.29, 0.717) is 0 Å². The van der Waals surface area contributed by atoms with E-state index in [0.717, 1.165) is 5.92 Å². The Kier molecular flexibility index (Phi) is 8.63. The van der Waals surface area contributed by atoms with Crippen LogP contribution < -0.4 is 0 Å². The standard InChI is InChI=1S/C24H32S3/c1-3-5-7-8-11-19(10-6-4-2)18-20-13-14-22(27-20)21-15-17-26-24(21)23-12-9-16-25-23/h9,12-17,19H,3-8,10-11,18H2,1-2H3. The Labute approximate surface area is 177 Å². The zero-order valence-corrected chi connectivity index (χ0v) is 19.2. The molecule has 146 valence electrons. The fourth-order valence-corrected chi connectivity index (χ4v) is 6.73. The van der Waals surface area contributed by atoms with E-state index < -0.39 is 0 Å². The molecule has 0 saturated carbocycles. The predicted octanol–water partition coefficient (Wildman–Crippen LogP) is 9.52. The van der Waals surface area contributed by atoms with Gasteiger partial charge in [0.05, 0.1) is 4.88 Å². The molecule has 0 spiro atoms. The molecule has 0 bridgehead atoms. The summed E-state index contributed by atoms with van der Waals surface area (Å²) in [6.45, 7) is 4.62. The fourth-order valence-electron chi connectivity index (χ4n) is 3.72. The van der Waals surface area contributed by atoms with E-state index in [-0.39, 0.29) is 0 Å². The molecule has 0 nitrogen and oxygen atoms in total. The van der Waals surface area contributed by atoms with Crippen LogP contribution in [0.2, 0.25) is 0 Å². The zero-order valence-electron chi connectivity index (χ0n) is 16.7. The molecule has 1 unspecified atom stereocenters. The van der Waals surface area contributed by atoms with Crippen LogP contribution in [0.1, 0.15) is 70.1 Å². The van der Waals surface area contributed by atoms with Crippen molar-refractivity contribution < 1.29 is 0 Å². The molecule has 0 radical (unpaired) electrons. The van der Waals surface area contributed by atoms with Gasteiger partial charge in [0.2, 0.25) is 0 Å². The van der Waals surface area contributed by atoms with Crippen molar-refractivity contribution in [3.8, 4) is 20.2 Å². The summed E-state index contributed by atoms with van der Waals surface area (Å²) in [6.07, 6.45) is 12.3. The smallest absolute Gasteiger partial charge is 0.0529 e. The first kappa shape index (κ1) is 20.8. The molecule has 3 rings (SSSR count). The van der Waals surface area contributed by atoms with E-state index in [1.807, 2.05) is 34.0 Å². The number of hydrogen-bond acceptors (Lipinski definition) is 3. The minimum Gasteiger partial charge on any atom is -0.143 e. The lowest BCUT2D eigenvalue weighted by Crippen LogP contribution is -2.04. The van der Waals surface area contributed by atoms with E-state index in [2.05, 4.69) is 54.9 Å². The molecule has 0 aromatic carbocycles. The highest BCUT2D eigenvalue weighted by atomic mass is 32.1. The third-order valence-corrected chi connectivity index (χ3v) is 8.36. The highest BCUT2D eigenvalue weighted by Gasteiger charge is 2.15. The van der Waals surface area contributed by atoms with Gasteiger partial charge in [-0.1, -0.05) is 71.3 Å². The summed E-state index contributed by atoms with van der Waals surface area (Å²) in [5.74, 6) is 0.868. The van der Waals surface area contributed by atoms with Crippen LogP contribution in [0.15, 0.2) is 41.1 Å². The van der Waals surface area contributed by atoms with Crippen molar-refractivity contribution in [3.05, 3.63) is 46.0 Å². The molecule has 3 aromatic rings. The number of rotatable bonds is 12. The Balaban J connectivity index is 1.66. The lowest BCUT2D eigenvalue weighted by molar-refractivity contribution is 0.412. The van der Waals surface area contributed by atoms with E-state index in [4.69, 9.17) is 0 Å². The van der Waals surface area contributed by atoms with E-state index >= 15 is 0 Å². The summed E-state index contributed by atoms with van der Waals surface area (Å²) >= 11 is 5.73. The first-order chi connectivity index (χ1) is 13.3. The van der Waals surface area contributed by atoms with E-state index in [9.17, 15) is 0 Å². The lowest BCUT2D eigenvalue weighted by Gasteiger charge is -2.15. The summed E-state index contributed by atoms with van der Waals surface area (Å²) in [5, 5.41) is 4.41. The predicted molar refractivity (Wildman–Crippen MR) is 126 cm³/mol. The molecule has 3 heteroatoms. The third-order valence-electron chi connectivity index (χ3n) is 5.26. The molecule has 0 N–H and O–H groups in total. The van der Waals surface area contributed by atoms with Gasteiger partial charge in [-0.05, 0) is 47.4 Å². The van der Waals surface area contributed by atoms with Gasteiger partial charge in [-0.25, -0.2) is 0 Å². The first-order valence-corrected chi connectivity index (χ1v) is 13.1. The highest BCUT2D eigenvalue weighted by Crippen LogP contribution is 2.42. The number of unbranched alkanes of at least 4 members (excludes halogenated alkanes) is 4. The van der Waals surface area contributed by atoms with Crippen molar-refractivity contribution in [3.63, 3.8) is 0 Å². The Morgan fingerprint density at radius 2 is 1.63 bits per heavy atom. The summed E-state index contributed by atoms with van der Waals surface area (Å²) in [7, 11) is 0. The number of hydrogen-bond donors (Lipinski definition) is 0. The van der Waals surface area contributed by atoms with Gasteiger partial charge >= 0.3 is 0 Å². The Bertz CT molecular complexity index is 763. The molecule has 3 heterocycles. The van der Waals surface area contributed by atoms with Gasteiger partial charge in [-0.2, -0.15) is 0 Å². The SMILES string of the molecule is CCCCCCC(CCCC)Cc1ccc(-c2ccsc2-c2cccs2)s1.